The van der Waals surface area contributed by atoms with Crippen LogP contribution in [-0.2, 0) is 0 Å². The van der Waals surface area contributed by atoms with Crippen molar-refractivity contribution < 1.29 is 14.6 Å². The van der Waals surface area contributed by atoms with Crippen molar-refractivity contribution in [2.24, 2.45) is 5.10 Å². The van der Waals surface area contributed by atoms with Gasteiger partial charge >= 0.3 is 0 Å². The Kier molecular flexibility index (Phi) is 4.73. The molecule has 2 aromatic carbocycles. The number of hydrogen-bond acceptors (Lipinski definition) is 5. The Labute approximate surface area is 127 Å². The molecule has 2 N–H and O–H groups in total. The van der Waals surface area contributed by atoms with Gasteiger partial charge in [-0.15, -0.1) is 0 Å². The molecule has 0 aromatic heterocycles. The van der Waals surface area contributed by atoms with Gasteiger partial charge in [-0.3, -0.25) is 4.79 Å². The summed E-state index contributed by atoms with van der Waals surface area (Å²) in [6.07, 6.45) is 1.43. The van der Waals surface area contributed by atoms with Crippen molar-refractivity contribution in [3.05, 3.63) is 59.2 Å². The van der Waals surface area contributed by atoms with E-state index < -0.39 is 0 Å². The molecule has 0 saturated heterocycles. The number of hydrazone groups is 1. The van der Waals surface area contributed by atoms with E-state index in [4.69, 9.17) is 10.00 Å². The maximum absolute atomic E-state index is 11.8. The quantitative estimate of drug-likeness (QED) is 0.666. The number of phenols is 1. The number of aromatic hydroxyl groups is 1. The number of hydrogen-bond donors (Lipinski definition) is 2. The smallest absolute Gasteiger partial charge is 0.271 e. The third kappa shape index (κ3) is 3.61. The van der Waals surface area contributed by atoms with E-state index in [1.165, 1.54) is 19.4 Å². The monoisotopic (exact) mass is 295 g/mol. The zero-order valence-corrected chi connectivity index (χ0v) is 11.8. The van der Waals surface area contributed by atoms with Gasteiger partial charge in [0.1, 0.15) is 0 Å². The van der Waals surface area contributed by atoms with Crippen LogP contribution in [0.4, 0.5) is 0 Å². The molecule has 6 nitrogen and oxygen atoms in total. The molecule has 0 unspecified atom stereocenters. The third-order valence-corrected chi connectivity index (χ3v) is 2.86. The maximum Gasteiger partial charge on any atom is 0.271 e. The van der Waals surface area contributed by atoms with Crippen molar-refractivity contribution >= 4 is 12.1 Å². The molecule has 2 rings (SSSR count). The molecule has 1 amide bonds. The highest BCUT2D eigenvalue weighted by Crippen LogP contribution is 2.25. The van der Waals surface area contributed by atoms with Crippen molar-refractivity contribution in [2.45, 2.75) is 0 Å². The lowest BCUT2D eigenvalue weighted by Gasteiger charge is -2.03. The average molecular weight is 295 g/mol. The summed E-state index contributed by atoms with van der Waals surface area (Å²) in [5.74, 6) is -0.0323. The Bertz CT molecular complexity index is 746. The summed E-state index contributed by atoms with van der Waals surface area (Å²) < 4.78 is 4.98. The van der Waals surface area contributed by atoms with Gasteiger partial charge < -0.3 is 9.84 Å². The lowest BCUT2D eigenvalue weighted by molar-refractivity contribution is 0.0955. The second kappa shape index (κ2) is 6.90. The fourth-order valence-electron chi connectivity index (χ4n) is 1.70. The van der Waals surface area contributed by atoms with Crippen molar-refractivity contribution in [1.82, 2.24) is 5.43 Å². The summed E-state index contributed by atoms with van der Waals surface area (Å²) in [7, 11) is 1.45. The van der Waals surface area contributed by atoms with Crippen LogP contribution >= 0.6 is 0 Å². The summed E-state index contributed by atoms with van der Waals surface area (Å²) in [5.41, 5.74) is 3.93. The first-order valence-electron chi connectivity index (χ1n) is 6.34. The van der Waals surface area contributed by atoms with Crippen LogP contribution < -0.4 is 10.2 Å². The fraction of sp³-hybridized carbons (Fsp3) is 0.0625. The molecule has 6 heteroatoms. The molecule has 0 aliphatic carbocycles. The highest BCUT2D eigenvalue weighted by Gasteiger charge is 2.04. The number of benzene rings is 2. The van der Waals surface area contributed by atoms with E-state index in [1.54, 1.807) is 36.4 Å². The van der Waals surface area contributed by atoms with Crippen LogP contribution in [0.5, 0.6) is 11.5 Å². The van der Waals surface area contributed by atoms with Gasteiger partial charge in [0.25, 0.3) is 5.91 Å². The van der Waals surface area contributed by atoms with Crippen molar-refractivity contribution in [3.63, 3.8) is 0 Å². The van der Waals surface area contributed by atoms with E-state index >= 15 is 0 Å². The predicted octanol–water partition coefficient (Wildman–Crippen LogP) is 2.04. The summed E-state index contributed by atoms with van der Waals surface area (Å²) in [6, 6.07) is 12.9. The number of nitrogens with one attached hydrogen (secondary N) is 1. The first-order chi connectivity index (χ1) is 10.6. The van der Waals surface area contributed by atoms with Gasteiger partial charge in [-0.2, -0.15) is 10.4 Å². The fourth-order valence-corrected chi connectivity index (χ4v) is 1.70. The third-order valence-electron chi connectivity index (χ3n) is 2.86. The van der Waals surface area contributed by atoms with E-state index in [0.717, 1.165) is 0 Å². The lowest BCUT2D eigenvalue weighted by Crippen LogP contribution is -2.17. The second-order valence-electron chi connectivity index (χ2n) is 4.32. The standard InChI is InChI=1S/C16H13N3O3/c1-22-15-8-12(4-7-14(15)20)10-18-19-16(21)13-5-2-11(9-17)3-6-13/h2-8,10,20H,1H3,(H,19,21). The van der Waals surface area contributed by atoms with Crippen LogP contribution in [0.15, 0.2) is 47.6 Å². The van der Waals surface area contributed by atoms with E-state index in [2.05, 4.69) is 10.5 Å². The zero-order valence-electron chi connectivity index (χ0n) is 11.8. The lowest BCUT2D eigenvalue weighted by atomic mass is 10.1. The summed E-state index contributed by atoms with van der Waals surface area (Å²) >= 11 is 0. The van der Waals surface area contributed by atoms with Crippen LogP contribution in [0.2, 0.25) is 0 Å². The number of amides is 1. The minimum Gasteiger partial charge on any atom is -0.504 e. The number of carbonyl (C=O) groups is 1. The molecule has 22 heavy (non-hydrogen) atoms. The predicted molar refractivity (Wildman–Crippen MR) is 80.9 cm³/mol. The topological polar surface area (TPSA) is 94.7 Å². The van der Waals surface area contributed by atoms with Gasteiger partial charge in [-0.25, -0.2) is 5.43 Å². The Morgan fingerprint density at radius 1 is 1.32 bits per heavy atom. The van der Waals surface area contributed by atoms with Gasteiger partial charge in [0.2, 0.25) is 0 Å². The van der Waals surface area contributed by atoms with Crippen LogP contribution in [0, 0.1) is 11.3 Å². The first kappa shape index (κ1) is 15.1. The van der Waals surface area contributed by atoms with Crippen LogP contribution in [-0.4, -0.2) is 24.3 Å². The van der Waals surface area contributed by atoms with Crippen LogP contribution in [0.1, 0.15) is 21.5 Å². The van der Waals surface area contributed by atoms with Gasteiger partial charge in [-0.1, -0.05) is 0 Å². The zero-order chi connectivity index (χ0) is 15.9. The molecule has 0 aliphatic heterocycles. The highest BCUT2D eigenvalue weighted by molar-refractivity contribution is 5.95. The molecule has 0 atom stereocenters. The summed E-state index contributed by atoms with van der Waals surface area (Å²) in [5, 5.41) is 22.0. The molecule has 0 saturated carbocycles. The molecule has 2 aromatic rings. The number of nitrogens with zero attached hydrogens (tertiary/aromatic N) is 2. The second-order valence-corrected chi connectivity index (χ2v) is 4.32. The SMILES string of the molecule is COc1cc(C=NNC(=O)c2ccc(C#N)cc2)ccc1O. The minimum absolute atomic E-state index is 0.0290. The van der Waals surface area contributed by atoms with Crippen molar-refractivity contribution in [3.8, 4) is 17.6 Å². The molecular weight excluding hydrogens is 282 g/mol. The highest BCUT2D eigenvalue weighted by atomic mass is 16.5. The number of carbonyl (C=O) groups excluding carboxylic acids is 1. The van der Waals surface area contributed by atoms with Gasteiger partial charge in [0.05, 0.1) is 25.0 Å². The van der Waals surface area contributed by atoms with Crippen molar-refractivity contribution in [2.75, 3.05) is 7.11 Å². The van der Waals surface area contributed by atoms with Gasteiger partial charge in [0.15, 0.2) is 11.5 Å². The average Bonchev–Trinajstić information content (AvgIpc) is 2.56. The van der Waals surface area contributed by atoms with Gasteiger partial charge in [0, 0.05) is 5.56 Å². The number of phenolic OH excluding ortho intramolecular Hbond substituents is 1. The molecule has 0 spiro atoms. The molecular formula is C16H13N3O3. The largest absolute Gasteiger partial charge is 0.504 e. The molecule has 110 valence electrons. The Hall–Kier alpha value is -3.33. The summed E-state index contributed by atoms with van der Waals surface area (Å²) in [6.45, 7) is 0. The number of nitriles is 1. The number of methoxy groups -OCH3 is 1. The van der Waals surface area contributed by atoms with Gasteiger partial charge in [-0.05, 0) is 48.0 Å². The molecule has 0 bridgehead atoms. The van der Waals surface area contributed by atoms with E-state index in [-0.39, 0.29) is 11.7 Å². The minimum atomic E-state index is -0.383. The number of rotatable bonds is 4. The van der Waals surface area contributed by atoms with E-state index in [0.29, 0.717) is 22.4 Å². The van der Waals surface area contributed by atoms with E-state index in [1.807, 2.05) is 6.07 Å². The molecule has 0 radical (unpaired) electrons. The Balaban J connectivity index is 2.02. The van der Waals surface area contributed by atoms with E-state index in [9.17, 15) is 9.90 Å². The van der Waals surface area contributed by atoms with Crippen molar-refractivity contribution in [1.29, 1.82) is 5.26 Å². The Morgan fingerprint density at radius 2 is 2.05 bits per heavy atom. The number of ether oxygens (including phenoxy) is 1. The normalized spacial score (nSPS) is 10.2. The van der Waals surface area contributed by atoms with Crippen LogP contribution in [0.3, 0.4) is 0 Å². The molecule has 0 fully saturated rings. The van der Waals surface area contributed by atoms with Crippen LogP contribution in [0.25, 0.3) is 0 Å². The maximum atomic E-state index is 11.8. The molecule has 0 heterocycles. The molecule has 0 aliphatic rings. The summed E-state index contributed by atoms with van der Waals surface area (Å²) in [4.78, 5) is 11.8. The Morgan fingerprint density at radius 3 is 2.68 bits per heavy atom. The first-order valence-corrected chi connectivity index (χ1v) is 6.34.